The maximum absolute atomic E-state index is 10.9. The SMILES string of the molecule is CC(C)Oc1ccc(CCN2CCC(C(=O)O)CC2)cc1. The van der Waals surface area contributed by atoms with E-state index >= 15 is 0 Å². The molecule has 0 aliphatic carbocycles. The van der Waals surface area contributed by atoms with Crippen molar-refractivity contribution in [2.24, 2.45) is 5.92 Å². The fourth-order valence-corrected chi connectivity index (χ4v) is 2.70. The second-order valence-electron chi connectivity index (χ2n) is 6.01. The van der Waals surface area contributed by atoms with Gasteiger partial charge < -0.3 is 14.7 Å². The first kappa shape index (κ1) is 15.8. The molecule has 1 aromatic carbocycles. The molecule has 116 valence electrons. The lowest BCUT2D eigenvalue weighted by Crippen LogP contribution is -2.37. The average molecular weight is 291 g/mol. The van der Waals surface area contributed by atoms with Gasteiger partial charge in [-0.3, -0.25) is 4.79 Å². The smallest absolute Gasteiger partial charge is 0.306 e. The number of likely N-dealkylation sites (tertiary alicyclic amines) is 1. The Morgan fingerprint density at radius 2 is 1.90 bits per heavy atom. The lowest BCUT2D eigenvalue weighted by Gasteiger charge is -2.29. The lowest BCUT2D eigenvalue weighted by atomic mass is 9.97. The highest BCUT2D eigenvalue weighted by molar-refractivity contribution is 5.70. The predicted molar refractivity (Wildman–Crippen MR) is 82.7 cm³/mol. The van der Waals surface area contributed by atoms with Crippen LogP contribution in [0.3, 0.4) is 0 Å². The molecule has 1 heterocycles. The van der Waals surface area contributed by atoms with Crippen molar-refractivity contribution in [3.8, 4) is 5.75 Å². The van der Waals surface area contributed by atoms with Crippen LogP contribution in [0.15, 0.2) is 24.3 Å². The molecular formula is C17H25NO3. The molecule has 1 saturated heterocycles. The lowest BCUT2D eigenvalue weighted by molar-refractivity contribution is -0.143. The number of nitrogens with zero attached hydrogens (tertiary/aromatic N) is 1. The number of hydrogen-bond donors (Lipinski definition) is 1. The minimum Gasteiger partial charge on any atom is -0.491 e. The van der Waals surface area contributed by atoms with E-state index in [-0.39, 0.29) is 12.0 Å². The average Bonchev–Trinajstić information content (AvgIpc) is 2.46. The van der Waals surface area contributed by atoms with E-state index in [2.05, 4.69) is 17.0 Å². The summed E-state index contributed by atoms with van der Waals surface area (Å²) in [6.45, 7) is 6.83. The molecule has 21 heavy (non-hydrogen) atoms. The number of ether oxygens (including phenoxy) is 1. The maximum Gasteiger partial charge on any atom is 0.306 e. The van der Waals surface area contributed by atoms with Crippen LogP contribution in [-0.2, 0) is 11.2 Å². The van der Waals surface area contributed by atoms with Gasteiger partial charge in [0.1, 0.15) is 5.75 Å². The molecule has 4 nitrogen and oxygen atoms in total. The number of benzene rings is 1. The zero-order chi connectivity index (χ0) is 15.2. The van der Waals surface area contributed by atoms with E-state index in [9.17, 15) is 4.79 Å². The Kier molecular flexibility index (Phi) is 5.62. The summed E-state index contributed by atoms with van der Waals surface area (Å²) < 4.78 is 5.63. The summed E-state index contributed by atoms with van der Waals surface area (Å²) in [5.41, 5.74) is 1.30. The first-order chi connectivity index (χ1) is 10.0. The van der Waals surface area contributed by atoms with Gasteiger partial charge in [0.05, 0.1) is 12.0 Å². The Morgan fingerprint density at radius 3 is 2.43 bits per heavy atom. The summed E-state index contributed by atoms with van der Waals surface area (Å²) in [7, 11) is 0. The van der Waals surface area contributed by atoms with Crippen LogP contribution in [0.5, 0.6) is 5.75 Å². The Labute approximate surface area is 126 Å². The quantitative estimate of drug-likeness (QED) is 0.875. The van der Waals surface area contributed by atoms with Crippen molar-refractivity contribution >= 4 is 5.97 Å². The van der Waals surface area contributed by atoms with Gasteiger partial charge in [-0.2, -0.15) is 0 Å². The largest absolute Gasteiger partial charge is 0.491 e. The van der Waals surface area contributed by atoms with Gasteiger partial charge in [-0.05, 0) is 63.9 Å². The first-order valence-electron chi connectivity index (χ1n) is 7.75. The third-order valence-electron chi connectivity index (χ3n) is 3.95. The summed E-state index contributed by atoms with van der Waals surface area (Å²) in [6, 6.07) is 8.27. The van der Waals surface area contributed by atoms with Crippen LogP contribution < -0.4 is 4.74 Å². The van der Waals surface area contributed by atoms with E-state index < -0.39 is 5.97 Å². The third kappa shape index (κ3) is 5.05. The van der Waals surface area contributed by atoms with Crippen molar-refractivity contribution < 1.29 is 14.6 Å². The molecule has 4 heteroatoms. The minimum absolute atomic E-state index is 0.145. The van der Waals surface area contributed by atoms with Gasteiger partial charge in [0, 0.05) is 6.54 Å². The van der Waals surface area contributed by atoms with Crippen molar-refractivity contribution in [1.29, 1.82) is 0 Å². The van der Waals surface area contributed by atoms with E-state index in [0.717, 1.165) is 44.6 Å². The second kappa shape index (κ2) is 7.46. The van der Waals surface area contributed by atoms with Crippen LogP contribution in [0.4, 0.5) is 0 Å². The van der Waals surface area contributed by atoms with Crippen molar-refractivity contribution in [2.45, 2.75) is 39.2 Å². The summed E-state index contributed by atoms with van der Waals surface area (Å²) in [5, 5.41) is 8.99. The second-order valence-corrected chi connectivity index (χ2v) is 6.01. The van der Waals surface area contributed by atoms with Crippen LogP contribution in [0.1, 0.15) is 32.3 Å². The summed E-state index contributed by atoms with van der Waals surface area (Å²) >= 11 is 0. The van der Waals surface area contributed by atoms with Crippen molar-refractivity contribution in [2.75, 3.05) is 19.6 Å². The van der Waals surface area contributed by atoms with Gasteiger partial charge >= 0.3 is 5.97 Å². The van der Waals surface area contributed by atoms with Crippen LogP contribution in [-0.4, -0.2) is 41.7 Å². The van der Waals surface area contributed by atoms with Gasteiger partial charge in [0.2, 0.25) is 0 Å². The number of carboxylic acid groups (broad SMARTS) is 1. The van der Waals surface area contributed by atoms with Gasteiger partial charge in [0.25, 0.3) is 0 Å². The zero-order valence-corrected chi connectivity index (χ0v) is 12.9. The maximum atomic E-state index is 10.9. The molecule has 0 aromatic heterocycles. The molecule has 1 aromatic rings. The number of rotatable bonds is 6. The van der Waals surface area contributed by atoms with Crippen molar-refractivity contribution in [1.82, 2.24) is 4.90 Å². The fraction of sp³-hybridized carbons (Fsp3) is 0.588. The highest BCUT2D eigenvalue weighted by atomic mass is 16.5. The van der Waals surface area contributed by atoms with E-state index in [0.29, 0.717) is 0 Å². The molecule has 0 atom stereocenters. The summed E-state index contributed by atoms with van der Waals surface area (Å²) in [6.07, 6.45) is 2.75. The molecule has 0 amide bonds. The van der Waals surface area contributed by atoms with E-state index in [4.69, 9.17) is 9.84 Å². The molecule has 0 radical (unpaired) electrons. The van der Waals surface area contributed by atoms with Crippen LogP contribution in [0.2, 0.25) is 0 Å². The highest BCUT2D eigenvalue weighted by Crippen LogP contribution is 2.18. The number of carboxylic acids is 1. The molecule has 1 aliphatic rings. The van der Waals surface area contributed by atoms with Crippen LogP contribution in [0, 0.1) is 5.92 Å². The first-order valence-corrected chi connectivity index (χ1v) is 7.75. The molecule has 0 bridgehead atoms. The molecule has 0 unspecified atom stereocenters. The summed E-state index contributed by atoms with van der Waals surface area (Å²) in [5.74, 6) is 0.125. The normalized spacial score (nSPS) is 17.1. The third-order valence-corrected chi connectivity index (χ3v) is 3.95. The highest BCUT2D eigenvalue weighted by Gasteiger charge is 2.23. The number of piperidine rings is 1. The Balaban J connectivity index is 1.75. The number of aliphatic carboxylic acids is 1. The fourth-order valence-electron chi connectivity index (χ4n) is 2.70. The Morgan fingerprint density at radius 1 is 1.29 bits per heavy atom. The molecule has 1 aliphatic heterocycles. The van der Waals surface area contributed by atoms with Crippen LogP contribution >= 0.6 is 0 Å². The van der Waals surface area contributed by atoms with Gasteiger partial charge in [-0.25, -0.2) is 0 Å². The number of hydrogen-bond acceptors (Lipinski definition) is 3. The van der Waals surface area contributed by atoms with Crippen LogP contribution in [0.25, 0.3) is 0 Å². The van der Waals surface area contributed by atoms with E-state index in [1.165, 1.54) is 5.56 Å². The monoisotopic (exact) mass is 291 g/mol. The Hall–Kier alpha value is -1.55. The minimum atomic E-state index is -0.643. The number of carbonyl (C=O) groups is 1. The molecule has 0 spiro atoms. The van der Waals surface area contributed by atoms with E-state index in [1.54, 1.807) is 0 Å². The molecule has 2 rings (SSSR count). The van der Waals surface area contributed by atoms with Crippen molar-refractivity contribution in [3.63, 3.8) is 0 Å². The van der Waals surface area contributed by atoms with Gasteiger partial charge in [-0.15, -0.1) is 0 Å². The van der Waals surface area contributed by atoms with Gasteiger partial charge in [-0.1, -0.05) is 12.1 Å². The van der Waals surface area contributed by atoms with Gasteiger partial charge in [0.15, 0.2) is 0 Å². The topological polar surface area (TPSA) is 49.8 Å². The Bertz CT molecular complexity index is 448. The summed E-state index contributed by atoms with van der Waals surface area (Å²) in [4.78, 5) is 13.3. The zero-order valence-electron chi connectivity index (χ0n) is 12.9. The predicted octanol–water partition coefficient (Wildman–Crippen LogP) is 2.81. The molecular weight excluding hydrogens is 266 g/mol. The van der Waals surface area contributed by atoms with Crippen molar-refractivity contribution in [3.05, 3.63) is 29.8 Å². The van der Waals surface area contributed by atoms with E-state index in [1.807, 2.05) is 26.0 Å². The standard InChI is InChI=1S/C17H25NO3/c1-13(2)21-16-5-3-14(4-6-16)7-10-18-11-8-15(9-12-18)17(19)20/h3-6,13,15H,7-12H2,1-2H3,(H,19,20). The molecule has 0 saturated carbocycles. The molecule has 1 fully saturated rings. The molecule has 1 N–H and O–H groups in total.